The second-order valence-electron chi connectivity index (χ2n) is 6.92. The molecule has 0 heterocycles. The van der Waals surface area contributed by atoms with Crippen LogP contribution >= 0.6 is 22.6 Å². The van der Waals surface area contributed by atoms with E-state index in [1.165, 1.54) is 12.1 Å². The summed E-state index contributed by atoms with van der Waals surface area (Å²) in [6.45, 7) is 5.81. The Kier molecular flexibility index (Phi) is 6.28. The van der Waals surface area contributed by atoms with Crippen LogP contribution in [0.3, 0.4) is 0 Å². The molecule has 0 bridgehead atoms. The van der Waals surface area contributed by atoms with Crippen molar-refractivity contribution < 1.29 is 13.2 Å². The van der Waals surface area contributed by atoms with E-state index in [0.29, 0.717) is 16.9 Å². The van der Waals surface area contributed by atoms with Gasteiger partial charge in [0.25, 0.3) is 15.9 Å². The lowest BCUT2D eigenvalue weighted by atomic mass is 10.1. The van der Waals surface area contributed by atoms with Crippen LogP contribution < -0.4 is 10.0 Å². The van der Waals surface area contributed by atoms with Crippen molar-refractivity contribution in [2.45, 2.75) is 25.7 Å². The van der Waals surface area contributed by atoms with Crippen LogP contribution in [0.15, 0.2) is 65.6 Å². The molecule has 1 amide bonds. The SMILES string of the molecule is Cc1cc(C)cc(NS(=O)(=O)c2ccc(NC(=O)c3ccc(C)c(I)c3)cc2)c1. The zero-order chi connectivity index (χ0) is 21.2. The Labute approximate surface area is 184 Å². The van der Waals surface area contributed by atoms with Gasteiger partial charge < -0.3 is 5.32 Å². The molecule has 0 aliphatic carbocycles. The molecule has 2 N–H and O–H groups in total. The zero-order valence-electron chi connectivity index (χ0n) is 16.3. The molecule has 0 fully saturated rings. The highest BCUT2D eigenvalue weighted by molar-refractivity contribution is 14.1. The largest absolute Gasteiger partial charge is 0.322 e. The summed E-state index contributed by atoms with van der Waals surface area (Å²) in [4.78, 5) is 12.5. The third-order valence-corrected chi connectivity index (χ3v) is 6.89. The minimum absolute atomic E-state index is 0.125. The molecule has 0 radical (unpaired) electrons. The first-order chi connectivity index (χ1) is 13.6. The van der Waals surface area contributed by atoms with E-state index in [2.05, 4.69) is 32.6 Å². The Morgan fingerprint density at radius 2 is 1.45 bits per heavy atom. The molecule has 3 aromatic carbocycles. The lowest BCUT2D eigenvalue weighted by molar-refractivity contribution is 0.102. The summed E-state index contributed by atoms with van der Waals surface area (Å²) in [6, 6.07) is 17.1. The summed E-state index contributed by atoms with van der Waals surface area (Å²) < 4.78 is 28.9. The maximum Gasteiger partial charge on any atom is 0.261 e. The Morgan fingerprint density at radius 1 is 0.828 bits per heavy atom. The van der Waals surface area contributed by atoms with E-state index >= 15 is 0 Å². The molecule has 3 rings (SSSR count). The van der Waals surface area contributed by atoms with Crippen LogP contribution in [0.5, 0.6) is 0 Å². The third-order valence-electron chi connectivity index (χ3n) is 4.33. The van der Waals surface area contributed by atoms with E-state index in [0.717, 1.165) is 20.3 Å². The van der Waals surface area contributed by atoms with E-state index in [-0.39, 0.29) is 10.8 Å². The standard InChI is InChI=1S/C22H21IN2O3S/c1-14-10-15(2)12-19(11-14)25-29(27,28)20-8-6-18(7-9-20)24-22(26)17-5-4-16(3)21(23)13-17/h4-13,25H,1-3H3,(H,24,26). The van der Waals surface area contributed by atoms with Gasteiger partial charge >= 0.3 is 0 Å². The number of anilines is 2. The molecule has 0 aromatic heterocycles. The summed E-state index contributed by atoms with van der Waals surface area (Å²) in [5.41, 5.74) is 4.66. The second kappa shape index (κ2) is 8.54. The van der Waals surface area contributed by atoms with Crippen LogP contribution in [-0.2, 0) is 10.0 Å². The van der Waals surface area contributed by atoms with E-state index in [4.69, 9.17) is 0 Å². The van der Waals surface area contributed by atoms with Crippen LogP contribution in [0.4, 0.5) is 11.4 Å². The fraction of sp³-hybridized carbons (Fsp3) is 0.136. The van der Waals surface area contributed by atoms with Gasteiger partial charge in [-0.2, -0.15) is 0 Å². The van der Waals surface area contributed by atoms with Gasteiger partial charge in [0.15, 0.2) is 0 Å². The molecule has 150 valence electrons. The smallest absolute Gasteiger partial charge is 0.261 e. The van der Waals surface area contributed by atoms with E-state index in [1.54, 1.807) is 30.3 Å². The fourth-order valence-electron chi connectivity index (χ4n) is 2.90. The van der Waals surface area contributed by atoms with Gasteiger partial charge in [0.05, 0.1) is 4.90 Å². The van der Waals surface area contributed by atoms with Crippen molar-refractivity contribution in [3.63, 3.8) is 0 Å². The Morgan fingerprint density at radius 3 is 2.03 bits per heavy atom. The van der Waals surface area contributed by atoms with Gasteiger partial charge in [-0.15, -0.1) is 0 Å². The number of amides is 1. The minimum atomic E-state index is -3.72. The molecule has 29 heavy (non-hydrogen) atoms. The number of halogens is 1. The molecule has 5 nitrogen and oxygen atoms in total. The van der Waals surface area contributed by atoms with Crippen LogP contribution in [0.2, 0.25) is 0 Å². The molecule has 0 aliphatic rings. The molecular weight excluding hydrogens is 499 g/mol. The lowest BCUT2D eigenvalue weighted by Crippen LogP contribution is -2.14. The van der Waals surface area contributed by atoms with Crippen molar-refractivity contribution in [1.29, 1.82) is 0 Å². The maximum absolute atomic E-state index is 12.6. The van der Waals surface area contributed by atoms with Gasteiger partial charge in [-0.1, -0.05) is 12.1 Å². The second-order valence-corrected chi connectivity index (χ2v) is 9.77. The molecule has 0 atom stereocenters. The van der Waals surface area contributed by atoms with Gasteiger partial charge in [0.2, 0.25) is 0 Å². The first kappa shape index (κ1) is 21.3. The van der Waals surface area contributed by atoms with Gasteiger partial charge in [0.1, 0.15) is 0 Å². The summed E-state index contributed by atoms with van der Waals surface area (Å²) >= 11 is 2.19. The minimum Gasteiger partial charge on any atom is -0.322 e. The number of benzene rings is 3. The van der Waals surface area contributed by atoms with E-state index in [1.807, 2.05) is 39.0 Å². The summed E-state index contributed by atoms with van der Waals surface area (Å²) in [5.74, 6) is -0.244. The highest BCUT2D eigenvalue weighted by Gasteiger charge is 2.15. The van der Waals surface area contributed by atoms with Crippen molar-refractivity contribution in [1.82, 2.24) is 0 Å². The normalized spacial score (nSPS) is 11.2. The average Bonchev–Trinajstić information content (AvgIpc) is 2.63. The first-order valence-corrected chi connectivity index (χ1v) is 11.5. The van der Waals surface area contributed by atoms with Crippen LogP contribution in [0.25, 0.3) is 0 Å². The monoisotopic (exact) mass is 520 g/mol. The van der Waals surface area contributed by atoms with Gasteiger partial charge in [-0.3, -0.25) is 9.52 Å². The van der Waals surface area contributed by atoms with Crippen molar-refractivity contribution in [2.24, 2.45) is 0 Å². The van der Waals surface area contributed by atoms with Gasteiger partial charge in [-0.05, 0) is 109 Å². The Hall–Kier alpha value is -2.39. The zero-order valence-corrected chi connectivity index (χ0v) is 19.3. The maximum atomic E-state index is 12.6. The summed E-state index contributed by atoms with van der Waals surface area (Å²) in [5, 5.41) is 2.79. The van der Waals surface area contributed by atoms with Crippen molar-refractivity contribution in [2.75, 3.05) is 10.0 Å². The molecule has 0 aliphatic heterocycles. The highest BCUT2D eigenvalue weighted by atomic mass is 127. The number of carbonyl (C=O) groups excluding carboxylic acids is 1. The summed E-state index contributed by atoms with van der Waals surface area (Å²) in [6.07, 6.45) is 0. The number of nitrogens with one attached hydrogen (secondary N) is 2. The molecule has 0 unspecified atom stereocenters. The van der Waals surface area contributed by atoms with E-state index < -0.39 is 10.0 Å². The Balaban J connectivity index is 1.74. The number of hydrogen-bond donors (Lipinski definition) is 2. The third kappa shape index (κ3) is 5.36. The molecule has 0 spiro atoms. The molecule has 0 saturated heterocycles. The topological polar surface area (TPSA) is 75.3 Å². The molecule has 7 heteroatoms. The van der Waals surface area contributed by atoms with Gasteiger partial charge in [-0.25, -0.2) is 8.42 Å². The first-order valence-electron chi connectivity index (χ1n) is 8.93. The van der Waals surface area contributed by atoms with Crippen molar-refractivity contribution >= 4 is 49.9 Å². The number of sulfonamides is 1. The predicted molar refractivity (Wildman–Crippen MR) is 125 cm³/mol. The number of rotatable bonds is 5. The fourth-order valence-corrected chi connectivity index (χ4v) is 4.46. The Bertz CT molecular complexity index is 1150. The van der Waals surface area contributed by atoms with Crippen LogP contribution in [0, 0.1) is 24.3 Å². The molecular formula is C22H21IN2O3S. The van der Waals surface area contributed by atoms with Crippen molar-refractivity contribution in [3.05, 3.63) is 86.5 Å². The average molecular weight is 520 g/mol. The number of hydrogen-bond acceptors (Lipinski definition) is 3. The molecule has 0 saturated carbocycles. The summed E-state index contributed by atoms with van der Waals surface area (Å²) in [7, 11) is -3.72. The number of aryl methyl sites for hydroxylation is 3. The van der Waals surface area contributed by atoms with Crippen molar-refractivity contribution in [3.8, 4) is 0 Å². The van der Waals surface area contributed by atoms with Gasteiger partial charge in [0, 0.05) is 20.5 Å². The highest BCUT2D eigenvalue weighted by Crippen LogP contribution is 2.21. The quantitative estimate of drug-likeness (QED) is 0.451. The lowest BCUT2D eigenvalue weighted by Gasteiger charge is -2.11. The van der Waals surface area contributed by atoms with E-state index in [9.17, 15) is 13.2 Å². The van der Waals surface area contributed by atoms with Crippen LogP contribution in [0.1, 0.15) is 27.0 Å². The molecule has 3 aromatic rings. The van der Waals surface area contributed by atoms with Crippen LogP contribution in [-0.4, -0.2) is 14.3 Å². The predicted octanol–water partition coefficient (Wildman–Crippen LogP) is 5.27. The number of carbonyl (C=O) groups is 1.